The van der Waals surface area contributed by atoms with Crippen LogP contribution < -0.4 is 9.21 Å². The van der Waals surface area contributed by atoms with Gasteiger partial charge in [0.15, 0.2) is 0 Å². The molecule has 0 spiro atoms. The van der Waals surface area contributed by atoms with Crippen molar-refractivity contribution in [2.75, 3.05) is 16.3 Å². The van der Waals surface area contributed by atoms with Crippen LogP contribution in [0.3, 0.4) is 0 Å². The van der Waals surface area contributed by atoms with Gasteiger partial charge in [0, 0.05) is 7.05 Å². The van der Waals surface area contributed by atoms with E-state index in [0.29, 0.717) is 9.99 Å². The van der Waals surface area contributed by atoms with Crippen molar-refractivity contribution in [3.05, 3.63) is 59.7 Å². The van der Waals surface area contributed by atoms with Crippen LogP contribution in [-0.2, 0) is 26.7 Å². The third kappa shape index (κ3) is 5.42. The van der Waals surface area contributed by atoms with Crippen molar-refractivity contribution in [1.82, 2.24) is 0 Å². The van der Waals surface area contributed by atoms with Crippen molar-refractivity contribution in [2.45, 2.75) is 17.9 Å². The SMILES string of the molecule is CN1c2ccccc2N(S(=O)(=O)F)C1c1ccc(C(F)(F)F)cc1.O=S(=O)(O)C(F)(F)F. The van der Waals surface area contributed by atoms with Crippen molar-refractivity contribution in [2.24, 2.45) is 0 Å². The summed E-state index contributed by atoms with van der Waals surface area (Å²) in [6.45, 7) is 0. The minimum absolute atomic E-state index is 0.132. The van der Waals surface area contributed by atoms with E-state index in [-0.39, 0.29) is 11.3 Å². The van der Waals surface area contributed by atoms with Gasteiger partial charge < -0.3 is 4.90 Å². The molecule has 2 aromatic carbocycles. The average molecular weight is 510 g/mol. The fourth-order valence-corrected chi connectivity index (χ4v) is 3.70. The largest absolute Gasteiger partial charge is 0.522 e. The zero-order valence-corrected chi connectivity index (χ0v) is 17.3. The van der Waals surface area contributed by atoms with Crippen LogP contribution in [0.2, 0.25) is 0 Å². The zero-order valence-electron chi connectivity index (χ0n) is 15.6. The highest BCUT2D eigenvalue weighted by Gasteiger charge is 2.44. The molecule has 1 heterocycles. The number of hydrogen-bond donors (Lipinski definition) is 1. The molecule has 0 aromatic heterocycles. The Morgan fingerprint density at radius 1 is 0.844 bits per heavy atom. The number of nitrogens with zero attached hydrogens (tertiary/aromatic N) is 2. The Kier molecular flexibility index (Phi) is 6.74. The number of benzene rings is 2. The number of anilines is 2. The highest BCUT2D eigenvalue weighted by atomic mass is 32.3. The lowest BCUT2D eigenvalue weighted by Gasteiger charge is -2.28. The molecule has 0 saturated heterocycles. The normalized spacial score (nSPS) is 17.0. The van der Waals surface area contributed by atoms with Gasteiger partial charge in [-0.1, -0.05) is 28.2 Å². The molecule has 1 unspecified atom stereocenters. The van der Waals surface area contributed by atoms with Crippen molar-refractivity contribution in [3.63, 3.8) is 0 Å². The van der Waals surface area contributed by atoms with Gasteiger partial charge in [0.25, 0.3) is 0 Å². The predicted molar refractivity (Wildman–Crippen MR) is 99.1 cm³/mol. The van der Waals surface area contributed by atoms with Crippen LogP contribution in [0.15, 0.2) is 48.5 Å². The maximum atomic E-state index is 13.8. The Morgan fingerprint density at radius 2 is 1.28 bits per heavy atom. The second-order valence-electron chi connectivity index (χ2n) is 6.25. The van der Waals surface area contributed by atoms with Crippen LogP contribution in [0.5, 0.6) is 0 Å². The molecule has 1 aliphatic rings. The Bertz CT molecular complexity index is 1180. The number of hydrogen-bond acceptors (Lipinski definition) is 5. The van der Waals surface area contributed by atoms with Gasteiger partial charge in [0.1, 0.15) is 6.17 Å². The Labute approximate surface area is 177 Å². The van der Waals surface area contributed by atoms with Gasteiger partial charge in [-0.15, -0.1) is 0 Å². The standard InChI is InChI=1S/C15H12F4N2O2S.CHF3O3S/c1-20-12-4-2-3-5-13(12)21(24(19,22)23)14(20)10-6-8-11(9-7-10)15(16,17)18;2-1(3,4)8(5,6)7/h2-9,14H,1H3;(H,5,6,7). The highest BCUT2D eigenvalue weighted by Crippen LogP contribution is 2.47. The summed E-state index contributed by atoms with van der Waals surface area (Å²) in [4.78, 5) is 1.50. The second kappa shape index (κ2) is 8.40. The molecule has 0 radical (unpaired) electrons. The monoisotopic (exact) mass is 510 g/mol. The van der Waals surface area contributed by atoms with Gasteiger partial charge >= 0.3 is 32.2 Å². The minimum Gasteiger partial charge on any atom is -0.348 e. The third-order valence-electron chi connectivity index (χ3n) is 4.15. The second-order valence-corrected chi connectivity index (χ2v) is 8.88. The van der Waals surface area contributed by atoms with Crippen LogP contribution in [0.25, 0.3) is 0 Å². The van der Waals surface area contributed by atoms with E-state index in [1.54, 1.807) is 25.2 Å². The molecular formula is C16H13F7N2O5S2. The van der Waals surface area contributed by atoms with Gasteiger partial charge in [0.05, 0.1) is 16.9 Å². The highest BCUT2D eigenvalue weighted by molar-refractivity contribution is 7.87. The van der Waals surface area contributed by atoms with Gasteiger partial charge in [-0.2, -0.15) is 43.2 Å². The third-order valence-corrected chi connectivity index (χ3v) is 5.60. The molecule has 0 aliphatic carbocycles. The molecule has 32 heavy (non-hydrogen) atoms. The van der Waals surface area contributed by atoms with E-state index in [9.17, 15) is 38.6 Å². The van der Waals surface area contributed by atoms with E-state index in [4.69, 9.17) is 13.0 Å². The predicted octanol–water partition coefficient (Wildman–Crippen LogP) is 4.27. The molecule has 3 rings (SSSR count). The summed E-state index contributed by atoms with van der Waals surface area (Å²) in [5, 5.41) is 0. The average Bonchev–Trinajstić information content (AvgIpc) is 2.93. The van der Waals surface area contributed by atoms with Crippen LogP contribution in [0, 0.1) is 0 Å². The lowest BCUT2D eigenvalue weighted by atomic mass is 10.1. The van der Waals surface area contributed by atoms with E-state index in [0.717, 1.165) is 24.3 Å². The van der Waals surface area contributed by atoms with Crippen LogP contribution in [0.4, 0.5) is 41.6 Å². The topological polar surface area (TPSA) is 95.0 Å². The quantitative estimate of drug-likeness (QED) is 0.281. The molecule has 1 atom stereocenters. The fraction of sp³-hybridized carbons (Fsp3) is 0.250. The van der Waals surface area contributed by atoms with Crippen molar-refractivity contribution in [1.29, 1.82) is 0 Å². The number of alkyl halides is 6. The molecule has 2 aromatic rings. The molecule has 0 bridgehead atoms. The summed E-state index contributed by atoms with van der Waals surface area (Å²) >= 11 is 0. The van der Waals surface area contributed by atoms with E-state index >= 15 is 0 Å². The summed E-state index contributed by atoms with van der Waals surface area (Å²) in [6.07, 6.45) is -5.60. The van der Waals surface area contributed by atoms with E-state index in [1.165, 1.54) is 11.0 Å². The summed E-state index contributed by atoms with van der Waals surface area (Å²) in [6, 6.07) is 10.2. The summed E-state index contributed by atoms with van der Waals surface area (Å²) < 4.78 is 133. The molecule has 178 valence electrons. The maximum absolute atomic E-state index is 13.8. The first-order chi connectivity index (χ1) is 14.4. The molecular weight excluding hydrogens is 497 g/mol. The summed E-state index contributed by atoms with van der Waals surface area (Å²) in [5.74, 6) is 0. The minimum atomic E-state index is -5.84. The van der Waals surface area contributed by atoms with Crippen LogP contribution in [-0.4, -0.2) is 33.9 Å². The van der Waals surface area contributed by atoms with Crippen molar-refractivity contribution in [3.8, 4) is 0 Å². The van der Waals surface area contributed by atoms with Gasteiger partial charge in [-0.05, 0) is 29.8 Å². The molecule has 0 fully saturated rings. The molecule has 0 saturated carbocycles. The van der Waals surface area contributed by atoms with E-state index in [1.807, 2.05) is 0 Å². The summed E-state index contributed by atoms with van der Waals surface area (Å²) in [5.41, 5.74) is -5.58. The number of fused-ring (bicyclic) bond motifs is 1. The van der Waals surface area contributed by atoms with Crippen molar-refractivity contribution < 1.29 is 51.6 Å². The first kappa shape index (κ1) is 25.7. The van der Waals surface area contributed by atoms with E-state index < -0.39 is 43.9 Å². The smallest absolute Gasteiger partial charge is 0.348 e. The molecule has 1 aliphatic heterocycles. The lowest BCUT2D eigenvalue weighted by molar-refractivity contribution is -0.137. The number of rotatable bonds is 2. The lowest BCUT2D eigenvalue weighted by Crippen LogP contribution is -2.35. The van der Waals surface area contributed by atoms with Crippen molar-refractivity contribution >= 4 is 31.9 Å². The Balaban J connectivity index is 0.000000390. The van der Waals surface area contributed by atoms with Crippen LogP contribution >= 0.6 is 0 Å². The maximum Gasteiger partial charge on any atom is 0.522 e. The molecule has 1 N–H and O–H groups in total. The number of halogens is 7. The van der Waals surface area contributed by atoms with Crippen LogP contribution in [0.1, 0.15) is 17.3 Å². The molecule has 0 amide bonds. The van der Waals surface area contributed by atoms with Gasteiger partial charge in [-0.25, -0.2) is 4.31 Å². The first-order valence-electron chi connectivity index (χ1n) is 8.12. The first-order valence-corrected chi connectivity index (χ1v) is 10.9. The summed E-state index contributed by atoms with van der Waals surface area (Å²) in [7, 11) is -9.41. The molecule has 16 heteroatoms. The Hall–Kier alpha value is -2.59. The van der Waals surface area contributed by atoms with Gasteiger partial charge in [-0.3, -0.25) is 4.55 Å². The molecule has 7 nitrogen and oxygen atoms in total. The Morgan fingerprint density at radius 3 is 1.66 bits per heavy atom. The fourth-order valence-electron chi connectivity index (χ4n) is 2.81. The van der Waals surface area contributed by atoms with Gasteiger partial charge in [0.2, 0.25) is 0 Å². The zero-order chi connectivity index (χ0) is 24.7. The number of para-hydroxylation sites is 2. The van der Waals surface area contributed by atoms with E-state index in [2.05, 4.69) is 0 Å².